The second-order valence-electron chi connectivity index (χ2n) is 8.15. The molecule has 0 saturated carbocycles. The third-order valence-corrected chi connectivity index (χ3v) is 7.62. The lowest BCUT2D eigenvalue weighted by molar-refractivity contribution is -0.115. The van der Waals surface area contributed by atoms with E-state index >= 15 is 0 Å². The van der Waals surface area contributed by atoms with Crippen LogP contribution in [0.25, 0.3) is 30.6 Å². The Labute approximate surface area is 249 Å². The summed E-state index contributed by atoms with van der Waals surface area (Å²) in [5.41, 5.74) is 19.2. The number of hydrogen-bond acceptors (Lipinski definition) is 13. The third-order valence-electron chi connectivity index (χ3n) is 5.07. The van der Waals surface area contributed by atoms with Gasteiger partial charge in [-0.15, -0.1) is 0 Å². The minimum Gasteiger partial charge on any atom is -0.494 e. The van der Waals surface area contributed by atoms with E-state index in [1.807, 2.05) is 54.6 Å². The number of para-hydroxylation sites is 3. The van der Waals surface area contributed by atoms with Crippen molar-refractivity contribution in [3.05, 3.63) is 54.6 Å². The Bertz CT molecular complexity index is 1530. The quantitative estimate of drug-likeness (QED) is 0.220. The van der Waals surface area contributed by atoms with Crippen molar-refractivity contribution in [2.75, 3.05) is 52.6 Å². The molecule has 3 heterocycles. The van der Waals surface area contributed by atoms with E-state index in [4.69, 9.17) is 31.4 Å². The first kappa shape index (κ1) is 31.1. The molecule has 3 aromatic heterocycles. The fraction of sp³-hybridized carbons (Fsp3) is 0.185. The average molecular weight is 614 g/mol. The monoisotopic (exact) mass is 613 g/mol. The normalized spacial score (nSPS) is 9.98. The zero-order valence-electron chi connectivity index (χ0n) is 23.2. The maximum absolute atomic E-state index is 9.43. The largest absolute Gasteiger partial charge is 0.494 e. The van der Waals surface area contributed by atoms with E-state index in [0.29, 0.717) is 15.4 Å². The van der Waals surface area contributed by atoms with Crippen molar-refractivity contribution in [2.24, 2.45) is 0 Å². The molecule has 1 amide bonds. The van der Waals surface area contributed by atoms with E-state index in [0.717, 1.165) is 54.3 Å². The van der Waals surface area contributed by atoms with Crippen LogP contribution in [0.2, 0.25) is 0 Å². The summed E-state index contributed by atoms with van der Waals surface area (Å²) in [5.74, 6) is 2.33. The van der Waals surface area contributed by atoms with Crippen LogP contribution in [-0.4, -0.2) is 61.7 Å². The number of nitrogen functional groups attached to an aromatic ring is 3. The van der Waals surface area contributed by atoms with Gasteiger partial charge in [0.2, 0.25) is 6.41 Å². The fourth-order valence-corrected chi connectivity index (χ4v) is 5.57. The van der Waals surface area contributed by atoms with Crippen LogP contribution in [0, 0.1) is 0 Å². The highest BCUT2D eigenvalue weighted by molar-refractivity contribution is 7.22. The van der Waals surface area contributed by atoms with Crippen LogP contribution >= 0.6 is 34.0 Å². The number of fused-ring (bicyclic) bond motifs is 3. The zero-order valence-corrected chi connectivity index (χ0v) is 25.6. The minimum atomic E-state index is 0.578. The van der Waals surface area contributed by atoms with E-state index < -0.39 is 0 Å². The number of methoxy groups -OCH3 is 3. The van der Waals surface area contributed by atoms with Gasteiger partial charge in [0.25, 0.3) is 0 Å². The van der Waals surface area contributed by atoms with E-state index in [-0.39, 0.29) is 0 Å². The molecular weight excluding hydrogens is 583 g/mol. The number of ether oxygens (including phenoxy) is 3. The average Bonchev–Trinajstić information content (AvgIpc) is 3.67. The Morgan fingerprint density at radius 2 is 0.878 bits per heavy atom. The predicted octanol–water partition coefficient (Wildman–Crippen LogP) is 5.37. The van der Waals surface area contributed by atoms with Crippen LogP contribution in [0.15, 0.2) is 54.6 Å². The Balaban J connectivity index is 0.000000157. The van der Waals surface area contributed by atoms with Crippen molar-refractivity contribution in [3.63, 3.8) is 0 Å². The van der Waals surface area contributed by atoms with Gasteiger partial charge in [-0.05, 0) is 36.4 Å². The molecular formula is C27H31N7O4S3. The number of carbonyl (C=O) groups is 1. The highest BCUT2D eigenvalue weighted by atomic mass is 32.1. The number of aromatic nitrogens is 3. The van der Waals surface area contributed by atoms with Crippen molar-refractivity contribution >= 4 is 86.5 Å². The van der Waals surface area contributed by atoms with Crippen LogP contribution in [-0.2, 0) is 4.79 Å². The summed E-state index contributed by atoms with van der Waals surface area (Å²) >= 11 is 4.40. The molecule has 3 aromatic carbocycles. The van der Waals surface area contributed by atoms with Crippen LogP contribution in [0.5, 0.6) is 17.2 Å². The Morgan fingerprint density at radius 3 is 1.10 bits per heavy atom. The number of hydrogen-bond donors (Lipinski definition) is 3. The highest BCUT2D eigenvalue weighted by Gasteiger charge is 2.07. The molecule has 0 bridgehead atoms. The Hall–Kier alpha value is -4.40. The number of nitrogens with two attached hydrogens (primary N) is 3. The van der Waals surface area contributed by atoms with Gasteiger partial charge in [-0.2, -0.15) is 0 Å². The van der Waals surface area contributed by atoms with Gasteiger partial charge in [0.15, 0.2) is 15.4 Å². The number of rotatable bonds is 4. The second-order valence-corrected chi connectivity index (χ2v) is 11.3. The lowest BCUT2D eigenvalue weighted by atomic mass is 10.3. The molecule has 6 rings (SSSR count). The molecule has 41 heavy (non-hydrogen) atoms. The maximum atomic E-state index is 9.43. The van der Waals surface area contributed by atoms with E-state index in [9.17, 15) is 4.79 Å². The number of amides is 1. The fourth-order valence-electron chi connectivity index (χ4n) is 3.32. The van der Waals surface area contributed by atoms with Crippen molar-refractivity contribution in [2.45, 2.75) is 0 Å². The summed E-state index contributed by atoms with van der Waals surface area (Å²) in [6.45, 7) is 0. The van der Waals surface area contributed by atoms with Gasteiger partial charge in [-0.25, -0.2) is 15.0 Å². The number of carbonyl (C=O) groups excluding carboxylic acids is 1. The zero-order chi connectivity index (χ0) is 29.9. The molecule has 0 unspecified atom stereocenters. The molecule has 0 fully saturated rings. The molecule has 0 radical (unpaired) electrons. The molecule has 0 saturated heterocycles. The van der Waals surface area contributed by atoms with Gasteiger partial charge in [0.1, 0.15) is 33.8 Å². The van der Waals surface area contributed by atoms with Gasteiger partial charge < -0.3 is 36.3 Å². The van der Waals surface area contributed by atoms with Crippen LogP contribution < -0.4 is 31.4 Å². The Kier molecular flexibility index (Phi) is 11.3. The molecule has 14 heteroatoms. The minimum absolute atomic E-state index is 0.578. The molecule has 0 aliphatic heterocycles. The lowest BCUT2D eigenvalue weighted by Gasteiger charge is -1.97. The molecule has 0 spiro atoms. The standard InChI is InChI=1S/3C8H8N2OS.C3H7NO/c3*1-11-5-3-2-4-6-7(5)10-8(9)12-6;1-4(2)3-5/h3*2-4H,1H3,(H2,9,10);3H,1-2H3. The van der Waals surface area contributed by atoms with Gasteiger partial charge >= 0.3 is 0 Å². The number of thiazole rings is 3. The highest BCUT2D eigenvalue weighted by Crippen LogP contribution is 2.32. The van der Waals surface area contributed by atoms with Gasteiger partial charge in [-0.3, -0.25) is 4.79 Å². The molecule has 216 valence electrons. The maximum Gasteiger partial charge on any atom is 0.209 e. The van der Waals surface area contributed by atoms with Gasteiger partial charge in [0.05, 0.1) is 35.4 Å². The van der Waals surface area contributed by atoms with Crippen LogP contribution in [0.1, 0.15) is 0 Å². The summed E-state index contributed by atoms with van der Waals surface area (Å²) in [7, 11) is 8.26. The summed E-state index contributed by atoms with van der Waals surface area (Å²) in [6, 6.07) is 17.4. The number of nitrogens with zero attached hydrogens (tertiary/aromatic N) is 4. The smallest absolute Gasteiger partial charge is 0.209 e. The summed E-state index contributed by atoms with van der Waals surface area (Å²) in [5, 5.41) is 1.73. The lowest BCUT2D eigenvalue weighted by Crippen LogP contribution is -2.06. The van der Waals surface area contributed by atoms with E-state index in [2.05, 4.69) is 15.0 Å². The SMILES string of the molecule is CN(C)C=O.COc1cccc2sc(N)nc12.COc1cccc2sc(N)nc12.COc1cccc2sc(N)nc12. The first-order chi connectivity index (χ1) is 19.7. The van der Waals surface area contributed by atoms with Crippen molar-refractivity contribution < 1.29 is 19.0 Å². The van der Waals surface area contributed by atoms with Crippen molar-refractivity contribution in [1.29, 1.82) is 0 Å². The molecule has 0 atom stereocenters. The first-order valence-electron chi connectivity index (χ1n) is 11.9. The molecule has 0 aliphatic carbocycles. The van der Waals surface area contributed by atoms with Crippen LogP contribution in [0.4, 0.5) is 15.4 Å². The predicted molar refractivity (Wildman–Crippen MR) is 172 cm³/mol. The molecule has 11 nitrogen and oxygen atoms in total. The molecule has 0 aliphatic rings. The van der Waals surface area contributed by atoms with Crippen LogP contribution in [0.3, 0.4) is 0 Å². The van der Waals surface area contributed by atoms with E-state index in [1.54, 1.807) is 35.4 Å². The molecule has 6 N–H and O–H groups in total. The Morgan fingerprint density at radius 1 is 0.610 bits per heavy atom. The summed E-state index contributed by atoms with van der Waals surface area (Å²) < 4.78 is 18.6. The second kappa shape index (κ2) is 14.8. The summed E-state index contributed by atoms with van der Waals surface area (Å²) in [4.78, 5) is 23.3. The number of benzene rings is 3. The molecule has 6 aromatic rings. The topological polar surface area (TPSA) is 165 Å². The third kappa shape index (κ3) is 8.30. The van der Waals surface area contributed by atoms with Gasteiger partial charge in [-0.1, -0.05) is 52.2 Å². The first-order valence-corrected chi connectivity index (χ1v) is 14.3. The number of anilines is 3. The van der Waals surface area contributed by atoms with Gasteiger partial charge in [0, 0.05) is 14.1 Å². The van der Waals surface area contributed by atoms with E-state index in [1.165, 1.54) is 38.9 Å². The van der Waals surface area contributed by atoms with Crippen molar-refractivity contribution in [3.8, 4) is 17.2 Å². The van der Waals surface area contributed by atoms with Crippen molar-refractivity contribution in [1.82, 2.24) is 19.9 Å². The summed E-state index contributed by atoms with van der Waals surface area (Å²) in [6.07, 6.45) is 0.750.